The van der Waals surface area contributed by atoms with Gasteiger partial charge in [-0.05, 0) is 31.9 Å². The lowest BCUT2D eigenvalue weighted by atomic mass is 9.97. The number of hydrogen-bond acceptors (Lipinski definition) is 5. The molecule has 1 aliphatic heterocycles. The van der Waals surface area contributed by atoms with Crippen molar-refractivity contribution >= 4 is 23.3 Å². The number of carbonyl (C=O) groups is 3. The molecule has 0 aromatic heterocycles. The van der Waals surface area contributed by atoms with Gasteiger partial charge < -0.3 is 15.3 Å². The van der Waals surface area contributed by atoms with Crippen LogP contribution in [-0.4, -0.2) is 40.8 Å². The summed E-state index contributed by atoms with van der Waals surface area (Å²) in [5, 5.41) is 20.8. The zero-order chi connectivity index (χ0) is 18.4. The van der Waals surface area contributed by atoms with Crippen LogP contribution in [0.4, 0.5) is 5.69 Å². The molecule has 1 aliphatic rings. The molecule has 130 valence electrons. The van der Waals surface area contributed by atoms with Gasteiger partial charge in [-0.25, -0.2) is 0 Å². The number of carboxylic acid groups (broad SMARTS) is 1. The lowest BCUT2D eigenvalue weighted by molar-refractivity contribution is -0.143. The molecule has 1 saturated heterocycles. The number of nitrogens with zero attached hydrogens (tertiary/aromatic N) is 2. The molecule has 0 aliphatic carbocycles. The van der Waals surface area contributed by atoms with Gasteiger partial charge in [-0.3, -0.25) is 14.4 Å². The summed E-state index contributed by atoms with van der Waals surface area (Å²) in [6.45, 7) is 2.40. The standard InChI is InChI=1S/C18H19N3O4/c1-12(22)14-3-2-4-16(9-14)20-17(23)15(10-19)11-21-7-5-13(6-8-21)18(24)25/h2-4,9,11,13H,5-8H2,1H3,(H,20,23)(H,24,25)/b15-11-. The van der Waals surface area contributed by atoms with Gasteiger partial charge in [-0.15, -0.1) is 0 Å². The molecule has 1 amide bonds. The van der Waals surface area contributed by atoms with E-state index in [1.54, 1.807) is 29.2 Å². The van der Waals surface area contributed by atoms with Crippen LogP contribution in [0.5, 0.6) is 0 Å². The number of ketones is 1. The number of rotatable bonds is 5. The highest BCUT2D eigenvalue weighted by atomic mass is 16.4. The van der Waals surface area contributed by atoms with E-state index in [9.17, 15) is 19.6 Å². The van der Waals surface area contributed by atoms with Crippen LogP contribution in [0, 0.1) is 17.2 Å². The molecule has 2 rings (SSSR count). The van der Waals surface area contributed by atoms with Gasteiger partial charge in [-0.2, -0.15) is 5.26 Å². The summed E-state index contributed by atoms with van der Waals surface area (Å²) in [5.41, 5.74) is 0.835. The van der Waals surface area contributed by atoms with E-state index < -0.39 is 11.9 Å². The van der Waals surface area contributed by atoms with Crippen molar-refractivity contribution in [1.29, 1.82) is 5.26 Å². The molecule has 0 bridgehead atoms. The maximum absolute atomic E-state index is 12.3. The third-order valence-electron chi connectivity index (χ3n) is 4.08. The van der Waals surface area contributed by atoms with E-state index in [0.717, 1.165) is 0 Å². The number of Topliss-reactive ketones (excluding diaryl/α,β-unsaturated/α-hetero) is 1. The van der Waals surface area contributed by atoms with E-state index in [4.69, 9.17) is 5.11 Å². The maximum Gasteiger partial charge on any atom is 0.306 e. The molecule has 2 N–H and O–H groups in total. The minimum Gasteiger partial charge on any atom is -0.481 e. The Morgan fingerprint density at radius 1 is 1.32 bits per heavy atom. The van der Waals surface area contributed by atoms with Crippen LogP contribution in [0.1, 0.15) is 30.1 Å². The molecular formula is C18H19N3O4. The molecule has 0 atom stereocenters. The summed E-state index contributed by atoms with van der Waals surface area (Å²) in [6.07, 6.45) is 2.42. The highest BCUT2D eigenvalue weighted by Gasteiger charge is 2.24. The van der Waals surface area contributed by atoms with Crippen molar-refractivity contribution < 1.29 is 19.5 Å². The Balaban J connectivity index is 2.04. The number of nitrogens with one attached hydrogen (secondary N) is 1. The minimum absolute atomic E-state index is 0.0676. The number of amides is 1. The zero-order valence-corrected chi connectivity index (χ0v) is 13.9. The molecule has 0 saturated carbocycles. The first kappa shape index (κ1) is 18.2. The topological polar surface area (TPSA) is 111 Å². The van der Waals surface area contributed by atoms with Gasteiger partial charge in [0.05, 0.1) is 5.92 Å². The molecule has 7 heteroatoms. The third kappa shape index (κ3) is 4.91. The molecule has 0 radical (unpaired) electrons. The molecule has 0 spiro atoms. The lowest BCUT2D eigenvalue weighted by Crippen LogP contribution is -2.33. The average Bonchev–Trinajstić information content (AvgIpc) is 2.60. The Morgan fingerprint density at radius 2 is 2.00 bits per heavy atom. The van der Waals surface area contributed by atoms with Crippen LogP contribution in [-0.2, 0) is 9.59 Å². The van der Waals surface area contributed by atoms with Crippen LogP contribution in [0.2, 0.25) is 0 Å². The van der Waals surface area contributed by atoms with Crippen LogP contribution < -0.4 is 5.32 Å². The van der Waals surface area contributed by atoms with E-state index >= 15 is 0 Å². The number of piperidine rings is 1. The van der Waals surface area contributed by atoms with E-state index in [-0.39, 0.29) is 17.3 Å². The van der Waals surface area contributed by atoms with Gasteiger partial charge in [0.1, 0.15) is 11.6 Å². The number of carbonyl (C=O) groups excluding carboxylic acids is 2. The molecule has 1 heterocycles. The summed E-state index contributed by atoms with van der Waals surface area (Å²) < 4.78 is 0. The van der Waals surface area contributed by atoms with E-state index in [1.165, 1.54) is 13.1 Å². The molecule has 0 unspecified atom stereocenters. The summed E-state index contributed by atoms with van der Waals surface area (Å²) in [6, 6.07) is 8.35. The normalized spacial score (nSPS) is 15.4. The van der Waals surface area contributed by atoms with Gasteiger partial charge in [0, 0.05) is 30.5 Å². The Hall–Kier alpha value is -3.14. The predicted octanol–water partition coefficient (Wildman–Crippen LogP) is 2.03. The second-order valence-corrected chi connectivity index (χ2v) is 5.89. The first-order valence-corrected chi connectivity index (χ1v) is 7.92. The van der Waals surface area contributed by atoms with Gasteiger partial charge >= 0.3 is 5.97 Å². The number of anilines is 1. The van der Waals surface area contributed by atoms with Crippen molar-refractivity contribution in [2.45, 2.75) is 19.8 Å². The van der Waals surface area contributed by atoms with Gasteiger partial charge in [-0.1, -0.05) is 12.1 Å². The fourth-order valence-electron chi connectivity index (χ4n) is 2.61. The Morgan fingerprint density at radius 3 is 2.56 bits per heavy atom. The van der Waals surface area contributed by atoms with Crippen LogP contribution in [0.25, 0.3) is 0 Å². The van der Waals surface area contributed by atoms with Crippen molar-refractivity contribution in [2.24, 2.45) is 5.92 Å². The number of benzene rings is 1. The molecule has 1 aromatic rings. The van der Waals surface area contributed by atoms with Crippen LogP contribution in [0.3, 0.4) is 0 Å². The minimum atomic E-state index is -0.813. The summed E-state index contributed by atoms with van der Waals surface area (Å²) in [5.74, 6) is -1.87. The maximum atomic E-state index is 12.3. The van der Waals surface area contributed by atoms with Crippen molar-refractivity contribution in [3.63, 3.8) is 0 Å². The fraction of sp³-hybridized carbons (Fsp3) is 0.333. The molecule has 25 heavy (non-hydrogen) atoms. The van der Waals surface area contributed by atoms with Gasteiger partial charge in [0.15, 0.2) is 5.78 Å². The van der Waals surface area contributed by atoms with Crippen LogP contribution in [0.15, 0.2) is 36.0 Å². The molecular weight excluding hydrogens is 322 g/mol. The second kappa shape index (κ2) is 8.11. The zero-order valence-electron chi connectivity index (χ0n) is 13.9. The first-order chi connectivity index (χ1) is 11.9. The SMILES string of the molecule is CC(=O)c1cccc(NC(=O)/C(C#N)=C\N2CCC(C(=O)O)CC2)c1. The monoisotopic (exact) mass is 341 g/mol. The number of hydrogen-bond donors (Lipinski definition) is 2. The van der Waals surface area contributed by atoms with Gasteiger partial charge in [0.25, 0.3) is 5.91 Å². The summed E-state index contributed by atoms with van der Waals surface area (Å²) in [4.78, 5) is 36.4. The lowest BCUT2D eigenvalue weighted by Gasteiger charge is -2.29. The number of likely N-dealkylation sites (tertiary alicyclic amines) is 1. The summed E-state index contributed by atoms with van der Waals surface area (Å²) in [7, 11) is 0. The van der Waals surface area contributed by atoms with Crippen molar-refractivity contribution in [3.05, 3.63) is 41.6 Å². The highest BCUT2D eigenvalue weighted by molar-refractivity contribution is 6.07. The summed E-state index contributed by atoms with van der Waals surface area (Å²) >= 11 is 0. The predicted molar refractivity (Wildman–Crippen MR) is 90.7 cm³/mol. The number of carboxylic acids is 1. The van der Waals surface area contributed by atoms with E-state index in [0.29, 0.717) is 37.2 Å². The highest BCUT2D eigenvalue weighted by Crippen LogP contribution is 2.18. The Kier molecular flexibility index (Phi) is 5.90. The van der Waals surface area contributed by atoms with Crippen molar-refractivity contribution in [2.75, 3.05) is 18.4 Å². The quantitative estimate of drug-likeness (QED) is 0.482. The number of aliphatic carboxylic acids is 1. The average molecular weight is 341 g/mol. The van der Waals surface area contributed by atoms with Crippen molar-refractivity contribution in [1.82, 2.24) is 4.90 Å². The second-order valence-electron chi connectivity index (χ2n) is 5.89. The fourth-order valence-corrected chi connectivity index (χ4v) is 2.61. The molecule has 1 aromatic carbocycles. The Bertz CT molecular complexity index is 756. The van der Waals surface area contributed by atoms with E-state index in [1.807, 2.05) is 6.07 Å². The number of nitriles is 1. The third-order valence-corrected chi connectivity index (χ3v) is 4.08. The molecule has 7 nitrogen and oxygen atoms in total. The first-order valence-electron chi connectivity index (χ1n) is 7.92. The van der Waals surface area contributed by atoms with Gasteiger partial charge in [0.2, 0.25) is 0 Å². The van der Waals surface area contributed by atoms with Crippen molar-refractivity contribution in [3.8, 4) is 6.07 Å². The Labute approximate surface area is 145 Å². The van der Waals surface area contributed by atoms with E-state index in [2.05, 4.69) is 5.32 Å². The van der Waals surface area contributed by atoms with Crippen LogP contribution >= 0.6 is 0 Å². The molecule has 1 fully saturated rings. The largest absolute Gasteiger partial charge is 0.481 e. The smallest absolute Gasteiger partial charge is 0.306 e.